The highest BCUT2D eigenvalue weighted by molar-refractivity contribution is 5.58. The minimum atomic E-state index is -0.457. The molecule has 1 heterocycles. The second-order valence-corrected chi connectivity index (χ2v) is 2.96. The number of fused-ring (bicyclic) bond motifs is 1. The summed E-state index contributed by atoms with van der Waals surface area (Å²) >= 11 is 0. The Hall–Kier alpha value is -1.48. The van der Waals surface area contributed by atoms with Crippen molar-refractivity contribution in [1.29, 1.82) is 0 Å². The van der Waals surface area contributed by atoms with Gasteiger partial charge in [0.15, 0.2) is 5.75 Å². The molecule has 0 amide bonds. The van der Waals surface area contributed by atoms with E-state index < -0.39 is 6.10 Å². The fourth-order valence-electron chi connectivity index (χ4n) is 1.21. The van der Waals surface area contributed by atoms with E-state index in [0.29, 0.717) is 5.75 Å². The number of hydrogen-bond donors (Lipinski definition) is 1. The van der Waals surface area contributed by atoms with Gasteiger partial charge in [-0.2, -0.15) is 0 Å². The van der Waals surface area contributed by atoms with E-state index in [-0.39, 0.29) is 0 Å². The molecule has 0 saturated heterocycles. The Kier molecular flexibility index (Phi) is 1.94. The van der Waals surface area contributed by atoms with Crippen LogP contribution in [0.4, 0.5) is 0 Å². The van der Waals surface area contributed by atoms with Crippen molar-refractivity contribution in [3.05, 3.63) is 35.6 Å². The first-order valence-electron chi connectivity index (χ1n) is 4.09. The largest absolute Gasteiger partial charge is 0.389 e. The van der Waals surface area contributed by atoms with E-state index in [2.05, 4.69) is 4.89 Å². The SMILES string of the molecule is CC(O)c1ccc2c(c1)C=COO2. The van der Waals surface area contributed by atoms with Crippen LogP contribution in [0.3, 0.4) is 0 Å². The van der Waals surface area contributed by atoms with Crippen LogP contribution in [0.5, 0.6) is 5.75 Å². The highest BCUT2D eigenvalue weighted by Gasteiger charge is 2.09. The van der Waals surface area contributed by atoms with Crippen LogP contribution in [0.25, 0.3) is 6.08 Å². The summed E-state index contributed by atoms with van der Waals surface area (Å²) in [6, 6.07) is 5.46. The molecule has 1 aromatic rings. The predicted octanol–water partition coefficient (Wildman–Crippen LogP) is 2.03. The van der Waals surface area contributed by atoms with Crippen molar-refractivity contribution in [2.45, 2.75) is 13.0 Å². The summed E-state index contributed by atoms with van der Waals surface area (Å²) in [6.07, 6.45) is 2.81. The van der Waals surface area contributed by atoms with Gasteiger partial charge >= 0.3 is 0 Å². The molecule has 1 atom stereocenters. The zero-order chi connectivity index (χ0) is 9.26. The van der Waals surface area contributed by atoms with Gasteiger partial charge < -0.3 is 5.11 Å². The summed E-state index contributed by atoms with van der Waals surface area (Å²) in [5, 5.41) is 9.33. The number of aliphatic hydroxyl groups excluding tert-OH is 1. The third-order valence-corrected chi connectivity index (χ3v) is 1.96. The molecular weight excluding hydrogens is 168 g/mol. The maximum absolute atomic E-state index is 9.33. The van der Waals surface area contributed by atoms with Crippen molar-refractivity contribution in [2.24, 2.45) is 0 Å². The van der Waals surface area contributed by atoms with E-state index in [1.54, 1.807) is 19.1 Å². The number of aliphatic hydroxyl groups is 1. The van der Waals surface area contributed by atoms with Gasteiger partial charge in [0.2, 0.25) is 0 Å². The van der Waals surface area contributed by atoms with Gasteiger partial charge in [-0.1, -0.05) is 6.07 Å². The van der Waals surface area contributed by atoms with Gasteiger partial charge in [-0.05, 0) is 30.7 Å². The van der Waals surface area contributed by atoms with Crippen molar-refractivity contribution in [3.8, 4) is 5.75 Å². The van der Waals surface area contributed by atoms with Gasteiger partial charge in [-0.25, -0.2) is 0 Å². The van der Waals surface area contributed by atoms with Crippen LogP contribution in [0.15, 0.2) is 24.5 Å². The van der Waals surface area contributed by atoms with Crippen LogP contribution < -0.4 is 4.89 Å². The molecule has 0 aliphatic carbocycles. The van der Waals surface area contributed by atoms with E-state index in [9.17, 15) is 5.11 Å². The Morgan fingerprint density at radius 2 is 2.23 bits per heavy atom. The Morgan fingerprint density at radius 3 is 3.00 bits per heavy atom. The van der Waals surface area contributed by atoms with Gasteiger partial charge in [0.05, 0.1) is 6.10 Å². The summed E-state index contributed by atoms with van der Waals surface area (Å²) < 4.78 is 0. The van der Waals surface area contributed by atoms with Crippen molar-refractivity contribution in [2.75, 3.05) is 0 Å². The first kappa shape index (κ1) is 8.13. The monoisotopic (exact) mass is 178 g/mol. The minimum absolute atomic E-state index is 0.457. The molecule has 1 unspecified atom stereocenters. The predicted molar refractivity (Wildman–Crippen MR) is 47.8 cm³/mol. The number of benzene rings is 1. The molecule has 3 heteroatoms. The van der Waals surface area contributed by atoms with Gasteiger partial charge in [0.1, 0.15) is 6.26 Å². The fourth-order valence-corrected chi connectivity index (χ4v) is 1.21. The molecule has 13 heavy (non-hydrogen) atoms. The topological polar surface area (TPSA) is 38.7 Å². The fraction of sp³-hybridized carbons (Fsp3) is 0.200. The molecule has 0 spiro atoms. The lowest BCUT2D eigenvalue weighted by Gasteiger charge is -2.12. The third kappa shape index (κ3) is 1.51. The Bertz CT molecular complexity index is 342. The molecule has 0 bridgehead atoms. The van der Waals surface area contributed by atoms with Crippen LogP contribution in [-0.2, 0) is 4.89 Å². The smallest absolute Gasteiger partial charge is 0.185 e. The standard InChI is InChI=1S/C10H10O3/c1-7(11)8-2-3-10-9(6-8)4-5-12-13-10/h2-7,11H,1H3. The van der Waals surface area contributed by atoms with Crippen molar-refractivity contribution >= 4 is 6.08 Å². The van der Waals surface area contributed by atoms with Crippen molar-refractivity contribution in [1.82, 2.24) is 0 Å². The Balaban J connectivity index is 2.43. The van der Waals surface area contributed by atoms with Gasteiger partial charge in [0.25, 0.3) is 0 Å². The van der Waals surface area contributed by atoms with Crippen LogP contribution in [0.2, 0.25) is 0 Å². The minimum Gasteiger partial charge on any atom is -0.389 e. The van der Waals surface area contributed by atoms with E-state index in [1.165, 1.54) is 6.26 Å². The molecule has 1 aliphatic heterocycles. The highest BCUT2D eigenvalue weighted by Crippen LogP contribution is 2.27. The molecule has 68 valence electrons. The molecule has 1 aliphatic rings. The first-order chi connectivity index (χ1) is 6.27. The van der Waals surface area contributed by atoms with Crippen molar-refractivity contribution < 1.29 is 14.9 Å². The summed E-state index contributed by atoms with van der Waals surface area (Å²) in [6.45, 7) is 1.73. The Morgan fingerprint density at radius 1 is 1.38 bits per heavy atom. The molecule has 2 rings (SSSR count). The first-order valence-corrected chi connectivity index (χ1v) is 4.09. The lowest BCUT2D eigenvalue weighted by molar-refractivity contribution is -0.151. The van der Waals surface area contributed by atoms with Gasteiger partial charge in [-0.3, -0.25) is 9.78 Å². The summed E-state index contributed by atoms with van der Waals surface area (Å²) in [5.41, 5.74) is 1.79. The third-order valence-electron chi connectivity index (χ3n) is 1.96. The van der Waals surface area contributed by atoms with Crippen molar-refractivity contribution in [3.63, 3.8) is 0 Å². The van der Waals surface area contributed by atoms with Gasteiger partial charge in [-0.15, -0.1) is 0 Å². The van der Waals surface area contributed by atoms with E-state index in [1.807, 2.05) is 12.1 Å². The molecule has 3 nitrogen and oxygen atoms in total. The van der Waals surface area contributed by atoms with Crippen LogP contribution in [-0.4, -0.2) is 5.11 Å². The average Bonchev–Trinajstić information content (AvgIpc) is 2.17. The van der Waals surface area contributed by atoms with Crippen LogP contribution >= 0.6 is 0 Å². The summed E-state index contributed by atoms with van der Waals surface area (Å²) in [4.78, 5) is 9.54. The van der Waals surface area contributed by atoms with E-state index in [0.717, 1.165) is 11.1 Å². The molecule has 1 N–H and O–H groups in total. The summed E-state index contributed by atoms with van der Waals surface area (Å²) in [5.74, 6) is 0.673. The lowest BCUT2D eigenvalue weighted by Crippen LogP contribution is -1.99. The Labute approximate surface area is 76.1 Å². The molecule has 0 fully saturated rings. The van der Waals surface area contributed by atoms with E-state index in [4.69, 9.17) is 4.89 Å². The van der Waals surface area contributed by atoms with Gasteiger partial charge in [0, 0.05) is 5.56 Å². The maximum Gasteiger partial charge on any atom is 0.185 e. The number of rotatable bonds is 1. The molecule has 1 aromatic carbocycles. The lowest BCUT2D eigenvalue weighted by atomic mass is 10.1. The second kappa shape index (κ2) is 3.11. The molecule has 0 radical (unpaired) electrons. The van der Waals surface area contributed by atoms with E-state index >= 15 is 0 Å². The number of hydrogen-bond acceptors (Lipinski definition) is 3. The zero-order valence-corrected chi connectivity index (χ0v) is 7.23. The molecular formula is C10H10O3. The molecule has 0 aromatic heterocycles. The summed E-state index contributed by atoms with van der Waals surface area (Å²) in [7, 11) is 0. The zero-order valence-electron chi connectivity index (χ0n) is 7.23. The molecule has 0 saturated carbocycles. The van der Waals surface area contributed by atoms with Crippen LogP contribution in [0, 0.1) is 0 Å². The quantitative estimate of drug-likeness (QED) is 0.669. The normalized spacial score (nSPS) is 15.5. The average molecular weight is 178 g/mol. The van der Waals surface area contributed by atoms with Crippen LogP contribution in [0.1, 0.15) is 24.2 Å². The highest BCUT2D eigenvalue weighted by atomic mass is 17.2. The maximum atomic E-state index is 9.33. The second-order valence-electron chi connectivity index (χ2n) is 2.96.